The minimum Gasteiger partial charge on any atom is -0.389 e. The maximum Gasteiger partial charge on any atom is 0.325 e. The van der Waals surface area contributed by atoms with Gasteiger partial charge in [-0.25, -0.2) is 9.18 Å². The number of nitrogens with one attached hydrogen (secondary N) is 1. The normalized spacial score (nSPS) is 21.6. The maximum atomic E-state index is 13.5. The van der Waals surface area contributed by atoms with Gasteiger partial charge >= 0.3 is 6.03 Å². The van der Waals surface area contributed by atoms with Gasteiger partial charge in [0.05, 0.1) is 6.54 Å². The van der Waals surface area contributed by atoms with E-state index >= 15 is 0 Å². The Labute approximate surface area is 127 Å². The predicted octanol–water partition coefficient (Wildman–Crippen LogP) is 1.68. The Hall–Kier alpha value is -2.02. The van der Waals surface area contributed by atoms with Gasteiger partial charge < -0.3 is 11.1 Å². The molecule has 2 rings (SSSR count). The standard InChI is InChI=1S/C14H16FN3O2S/c1-3-14(2)12(19)18(13(20)17-14)7-8-4-5-10(15)9(6-8)11(16)21/h4-6H,3,7H2,1-2H3,(H2,16,21)(H,17,20). The fourth-order valence-electron chi connectivity index (χ4n) is 2.17. The molecule has 1 aliphatic rings. The third-order valence-corrected chi connectivity index (χ3v) is 3.91. The van der Waals surface area contributed by atoms with Crippen molar-refractivity contribution < 1.29 is 14.0 Å². The van der Waals surface area contributed by atoms with Crippen molar-refractivity contribution in [2.75, 3.05) is 0 Å². The lowest BCUT2D eigenvalue weighted by molar-refractivity contribution is -0.131. The van der Waals surface area contributed by atoms with Gasteiger partial charge in [-0.1, -0.05) is 25.2 Å². The molecule has 1 atom stereocenters. The summed E-state index contributed by atoms with van der Waals surface area (Å²) in [6.45, 7) is 3.55. The molecule has 1 fully saturated rings. The van der Waals surface area contributed by atoms with E-state index in [2.05, 4.69) is 5.32 Å². The van der Waals surface area contributed by atoms with Crippen LogP contribution in [0.25, 0.3) is 0 Å². The third kappa shape index (κ3) is 2.73. The van der Waals surface area contributed by atoms with Crippen LogP contribution in [0.5, 0.6) is 0 Å². The molecule has 0 saturated carbocycles. The first-order valence-electron chi connectivity index (χ1n) is 6.51. The molecule has 0 spiro atoms. The van der Waals surface area contributed by atoms with Crippen LogP contribution < -0.4 is 11.1 Å². The Kier molecular flexibility index (Phi) is 3.95. The average Bonchev–Trinajstić information content (AvgIpc) is 2.64. The number of thiocarbonyl (C=S) groups is 1. The number of urea groups is 1. The van der Waals surface area contributed by atoms with Gasteiger partial charge in [0, 0.05) is 5.56 Å². The van der Waals surface area contributed by atoms with Crippen molar-refractivity contribution >= 4 is 29.1 Å². The molecule has 1 saturated heterocycles. The van der Waals surface area contributed by atoms with Gasteiger partial charge in [0.15, 0.2) is 0 Å². The number of rotatable bonds is 4. The molecule has 112 valence electrons. The first kappa shape index (κ1) is 15.4. The number of amides is 3. The summed E-state index contributed by atoms with van der Waals surface area (Å²) in [6, 6.07) is 3.73. The molecule has 0 radical (unpaired) electrons. The second-order valence-electron chi connectivity index (χ2n) is 5.19. The van der Waals surface area contributed by atoms with Crippen molar-refractivity contribution in [3.8, 4) is 0 Å². The van der Waals surface area contributed by atoms with Crippen molar-refractivity contribution in [3.05, 3.63) is 35.1 Å². The Morgan fingerprint density at radius 1 is 1.48 bits per heavy atom. The molecule has 1 heterocycles. The first-order valence-corrected chi connectivity index (χ1v) is 6.91. The van der Waals surface area contributed by atoms with E-state index in [1.807, 2.05) is 6.92 Å². The van der Waals surface area contributed by atoms with Gasteiger partial charge in [-0.05, 0) is 31.0 Å². The second-order valence-corrected chi connectivity index (χ2v) is 5.63. The van der Waals surface area contributed by atoms with Crippen LogP contribution in [-0.2, 0) is 11.3 Å². The number of carbonyl (C=O) groups excluding carboxylic acids is 2. The van der Waals surface area contributed by atoms with Crippen LogP contribution in [0.3, 0.4) is 0 Å². The van der Waals surface area contributed by atoms with Gasteiger partial charge in [-0.3, -0.25) is 9.69 Å². The van der Waals surface area contributed by atoms with E-state index in [0.717, 1.165) is 4.90 Å². The lowest BCUT2D eigenvalue weighted by atomic mass is 9.99. The zero-order chi connectivity index (χ0) is 15.8. The van der Waals surface area contributed by atoms with Crippen molar-refractivity contribution in [1.82, 2.24) is 10.2 Å². The number of halogens is 1. The Balaban J connectivity index is 2.27. The van der Waals surface area contributed by atoms with Crippen LogP contribution in [0.4, 0.5) is 9.18 Å². The summed E-state index contributed by atoms with van der Waals surface area (Å²) in [4.78, 5) is 25.2. The molecule has 0 aromatic heterocycles. The summed E-state index contributed by atoms with van der Waals surface area (Å²) in [7, 11) is 0. The summed E-state index contributed by atoms with van der Waals surface area (Å²) in [5, 5.41) is 2.66. The van der Waals surface area contributed by atoms with Gasteiger partial charge in [0.2, 0.25) is 0 Å². The van der Waals surface area contributed by atoms with Gasteiger partial charge in [0.1, 0.15) is 16.3 Å². The second kappa shape index (κ2) is 5.40. The number of carbonyl (C=O) groups is 2. The molecule has 3 N–H and O–H groups in total. The Bertz CT molecular complexity index is 635. The Morgan fingerprint density at radius 2 is 2.14 bits per heavy atom. The van der Waals surface area contributed by atoms with Crippen LogP contribution >= 0.6 is 12.2 Å². The van der Waals surface area contributed by atoms with E-state index in [9.17, 15) is 14.0 Å². The summed E-state index contributed by atoms with van der Waals surface area (Å²) in [6.07, 6.45) is 0.496. The topological polar surface area (TPSA) is 75.4 Å². The molecular weight excluding hydrogens is 293 g/mol. The molecule has 0 aliphatic carbocycles. The van der Waals surface area contributed by atoms with Crippen LogP contribution in [0.15, 0.2) is 18.2 Å². The number of hydrogen-bond acceptors (Lipinski definition) is 3. The molecule has 0 bridgehead atoms. The van der Waals surface area contributed by atoms with Crippen LogP contribution in [0.2, 0.25) is 0 Å². The minimum absolute atomic E-state index is 0.0517. The SMILES string of the molecule is CCC1(C)NC(=O)N(Cc2ccc(F)c(C(N)=S)c2)C1=O. The summed E-state index contributed by atoms with van der Waals surface area (Å²) < 4.78 is 13.5. The van der Waals surface area contributed by atoms with Crippen LogP contribution in [-0.4, -0.2) is 27.4 Å². The molecule has 1 unspecified atom stereocenters. The van der Waals surface area contributed by atoms with E-state index in [4.69, 9.17) is 18.0 Å². The zero-order valence-electron chi connectivity index (χ0n) is 11.8. The number of hydrogen-bond donors (Lipinski definition) is 2. The smallest absolute Gasteiger partial charge is 0.325 e. The molecule has 7 heteroatoms. The fourth-order valence-corrected chi connectivity index (χ4v) is 2.33. The highest BCUT2D eigenvalue weighted by Crippen LogP contribution is 2.23. The molecule has 21 heavy (non-hydrogen) atoms. The molecule has 1 aliphatic heterocycles. The summed E-state index contributed by atoms with van der Waals surface area (Å²) >= 11 is 4.77. The lowest BCUT2D eigenvalue weighted by Gasteiger charge is -2.19. The van der Waals surface area contributed by atoms with Crippen LogP contribution in [0.1, 0.15) is 31.4 Å². The van der Waals surface area contributed by atoms with Gasteiger partial charge in [0.25, 0.3) is 5.91 Å². The molecule has 1 aromatic carbocycles. The van der Waals surface area contributed by atoms with Crippen molar-refractivity contribution in [3.63, 3.8) is 0 Å². The van der Waals surface area contributed by atoms with Crippen molar-refractivity contribution in [2.45, 2.75) is 32.4 Å². The highest BCUT2D eigenvalue weighted by Gasteiger charge is 2.46. The molecule has 1 aromatic rings. The average molecular weight is 309 g/mol. The van der Waals surface area contributed by atoms with E-state index in [1.54, 1.807) is 6.92 Å². The monoisotopic (exact) mass is 309 g/mol. The first-order chi connectivity index (χ1) is 9.78. The van der Waals surface area contributed by atoms with Gasteiger partial charge in [-0.2, -0.15) is 0 Å². The highest BCUT2D eigenvalue weighted by molar-refractivity contribution is 7.80. The lowest BCUT2D eigenvalue weighted by Crippen LogP contribution is -2.43. The number of nitrogens with two attached hydrogens (primary N) is 1. The largest absolute Gasteiger partial charge is 0.389 e. The van der Waals surface area contributed by atoms with Crippen LogP contribution in [0, 0.1) is 5.82 Å². The van der Waals surface area contributed by atoms with Crippen molar-refractivity contribution in [2.24, 2.45) is 5.73 Å². The predicted molar refractivity (Wildman–Crippen MR) is 80.1 cm³/mol. The minimum atomic E-state index is -0.886. The number of nitrogens with zero attached hydrogens (tertiary/aromatic N) is 1. The highest BCUT2D eigenvalue weighted by atomic mass is 32.1. The molecular formula is C14H16FN3O2S. The van der Waals surface area contributed by atoms with E-state index in [-0.39, 0.29) is 23.0 Å². The molecule has 3 amide bonds. The number of benzene rings is 1. The number of imide groups is 1. The zero-order valence-corrected chi connectivity index (χ0v) is 12.6. The van der Waals surface area contributed by atoms with E-state index < -0.39 is 17.4 Å². The Morgan fingerprint density at radius 3 is 2.67 bits per heavy atom. The third-order valence-electron chi connectivity index (χ3n) is 3.69. The quantitative estimate of drug-likeness (QED) is 0.655. The summed E-state index contributed by atoms with van der Waals surface area (Å²) in [5.41, 5.74) is 5.25. The van der Waals surface area contributed by atoms with E-state index in [1.165, 1.54) is 18.2 Å². The van der Waals surface area contributed by atoms with Crippen molar-refractivity contribution in [1.29, 1.82) is 0 Å². The summed E-state index contributed by atoms with van der Waals surface area (Å²) in [5.74, 6) is -0.821. The van der Waals surface area contributed by atoms with E-state index in [0.29, 0.717) is 12.0 Å². The van der Waals surface area contributed by atoms with Gasteiger partial charge in [-0.15, -0.1) is 0 Å². The maximum absolute atomic E-state index is 13.5. The molecule has 5 nitrogen and oxygen atoms in total. The fraction of sp³-hybridized carbons (Fsp3) is 0.357.